The lowest BCUT2D eigenvalue weighted by atomic mass is 9.97. The molecule has 16 heteroatoms. The number of nitrogens with one attached hydrogen (secondary N) is 5. The van der Waals surface area contributed by atoms with E-state index in [9.17, 15) is 28.8 Å². The number of para-hydroxylation sites is 1. The Morgan fingerprint density at radius 1 is 0.932 bits per heavy atom. The van der Waals surface area contributed by atoms with Crippen LogP contribution in [-0.2, 0) is 14.4 Å². The third-order valence-electron chi connectivity index (χ3n) is 11.0. The summed E-state index contributed by atoms with van der Waals surface area (Å²) in [4.78, 5) is 83.8. The molecule has 308 valence electrons. The summed E-state index contributed by atoms with van der Waals surface area (Å²) in [6.07, 6.45) is 5.32. The van der Waals surface area contributed by atoms with E-state index in [4.69, 9.17) is 9.47 Å². The molecule has 7 rings (SSSR count). The Bertz CT molecular complexity index is 2260. The second-order valence-electron chi connectivity index (χ2n) is 14.8. The van der Waals surface area contributed by atoms with Crippen LogP contribution in [0.25, 0.3) is 10.9 Å². The molecule has 4 heterocycles. The van der Waals surface area contributed by atoms with Crippen molar-refractivity contribution in [1.29, 1.82) is 0 Å². The van der Waals surface area contributed by atoms with Crippen LogP contribution < -0.4 is 36.1 Å². The maximum atomic E-state index is 13.3. The third-order valence-corrected chi connectivity index (χ3v) is 11.0. The molecule has 3 aromatic carbocycles. The Kier molecular flexibility index (Phi) is 12.6. The van der Waals surface area contributed by atoms with E-state index in [1.807, 2.05) is 42.5 Å². The van der Waals surface area contributed by atoms with Crippen LogP contribution in [0.5, 0.6) is 11.5 Å². The van der Waals surface area contributed by atoms with Gasteiger partial charge in [-0.1, -0.05) is 24.3 Å². The van der Waals surface area contributed by atoms with Crippen molar-refractivity contribution >= 4 is 63.4 Å². The second kappa shape index (κ2) is 18.4. The number of rotatable bonds is 16. The summed E-state index contributed by atoms with van der Waals surface area (Å²) in [7, 11) is 3.19. The highest BCUT2D eigenvalue weighted by molar-refractivity contribution is 6.25. The number of piperidine rings is 2. The molecule has 0 spiro atoms. The first-order valence-corrected chi connectivity index (χ1v) is 19.9. The number of unbranched alkanes of at least 4 members (excludes halogenated alkanes) is 1. The van der Waals surface area contributed by atoms with E-state index >= 15 is 0 Å². The van der Waals surface area contributed by atoms with Crippen molar-refractivity contribution in [2.24, 2.45) is 5.92 Å². The summed E-state index contributed by atoms with van der Waals surface area (Å²) in [5, 5.41) is 14.9. The van der Waals surface area contributed by atoms with Gasteiger partial charge in [0.15, 0.2) is 11.5 Å². The molecule has 0 saturated carbocycles. The van der Waals surface area contributed by atoms with Crippen molar-refractivity contribution in [2.45, 2.75) is 44.6 Å². The minimum atomic E-state index is -1.06. The van der Waals surface area contributed by atoms with Crippen LogP contribution in [0.1, 0.15) is 69.6 Å². The summed E-state index contributed by atoms with van der Waals surface area (Å²) in [6, 6.07) is 17.0. The molecule has 2 fully saturated rings. The number of benzene rings is 3. The minimum Gasteiger partial charge on any atom is -0.493 e. The lowest BCUT2D eigenvalue weighted by Crippen LogP contribution is -2.54. The number of pyridine rings is 1. The van der Waals surface area contributed by atoms with Crippen molar-refractivity contribution in [3.8, 4) is 11.5 Å². The second-order valence-corrected chi connectivity index (χ2v) is 14.8. The highest BCUT2D eigenvalue weighted by Gasteiger charge is 2.45. The van der Waals surface area contributed by atoms with Gasteiger partial charge in [0, 0.05) is 49.0 Å². The molecule has 0 bridgehead atoms. The number of nitrogens with zero attached hydrogens (tertiary/aromatic N) is 3. The molecule has 3 aliphatic heterocycles. The topological polar surface area (TPSA) is 200 Å². The predicted molar refractivity (Wildman–Crippen MR) is 220 cm³/mol. The van der Waals surface area contributed by atoms with Crippen LogP contribution in [0, 0.1) is 5.92 Å². The number of aromatic nitrogens is 1. The van der Waals surface area contributed by atoms with Crippen LogP contribution >= 0.6 is 0 Å². The average molecular weight is 805 g/mol. The van der Waals surface area contributed by atoms with Gasteiger partial charge in [-0.15, -0.1) is 0 Å². The van der Waals surface area contributed by atoms with Crippen LogP contribution in [0.15, 0.2) is 66.9 Å². The van der Waals surface area contributed by atoms with Gasteiger partial charge >= 0.3 is 0 Å². The molecule has 3 aliphatic rings. The Hall–Kier alpha value is -6.55. The molecular weight excluding hydrogens is 757 g/mol. The zero-order chi connectivity index (χ0) is 41.5. The zero-order valence-corrected chi connectivity index (χ0v) is 33.1. The highest BCUT2D eigenvalue weighted by Crippen LogP contribution is 2.38. The van der Waals surface area contributed by atoms with E-state index < -0.39 is 29.7 Å². The molecule has 1 unspecified atom stereocenters. The molecule has 0 aliphatic carbocycles. The highest BCUT2D eigenvalue weighted by atomic mass is 16.5. The van der Waals surface area contributed by atoms with Crippen LogP contribution in [0.3, 0.4) is 0 Å². The molecular formula is C43H48N8O8. The van der Waals surface area contributed by atoms with Gasteiger partial charge in [-0.05, 0) is 88.0 Å². The van der Waals surface area contributed by atoms with E-state index in [2.05, 4.69) is 36.5 Å². The van der Waals surface area contributed by atoms with E-state index in [0.29, 0.717) is 53.0 Å². The fraction of sp³-hybridized carbons (Fsp3) is 0.372. The van der Waals surface area contributed by atoms with Gasteiger partial charge in [0.2, 0.25) is 17.7 Å². The number of imide groups is 2. The van der Waals surface area contributed by atoms with Gasteiger partial charge in [-0.25, -0.2) is 0 Å². The van der Waals surface area contributed by atoms with Gasteiger partial charge in [-0.2, -0.15) is 0 Å². The van der Waals surface area contributed by atoms with Crippen LogP contribution in [-0.4, -0.2) is 110 Å². The summed E-state index contributed by atoms with van der Waals surface area (Å²) in [5.41, 5.74) is 3.13. The maximum Gasteiger partial charge on any atom is 0.264 e. The normalized spacial score (nSPS) is 17.1. The van der Waals surface area contributed by atoms with E-state index in [0.717, 1.165) is 61.3 Å². The number of carbonyl (C=O) groups excluding carboxylic acids is 6. The Labute approximate surface area is 341 Å². The fourth-order valence-corrected chi connectivity index (χ4v) is 7.75. The number of amides is 6. The number of fused-ring (bicyclic) bond motifs is 2. The number of carbonyl (C=O) groups is 6. The molecule has 59 heavy (non-hydrogen) atoms. The quantitative estimate of drug-likeness (QED) is 0.0811. The van der Waals surface area contributed by atoms with E-state index in [1.165, 1.54) is 6.07 Å². The van der Waals surface area contributed by atoms with Gasteiger partial charge in [0.1, 0.15) is 6.04 Å². The predicted octanol–water partition coefficient (Wildman–Crippen LogP) is 3.85. The Morgan fingerprint density at radius 3 is 2.47 bits per heavy atom. The standard InChI is InChI=1S/C43H48N8O8/c1-44-40(54)30-23-46-32-22-34(58-2)35(21-29(32)39(30)48-27-9-4-3-5-10-27)59-25-26-15-19-50(20-16-26)18-7-6-17-45-37(53)24-47-31-12-8-11-28-38(31)43(57)51(42(28)56)33-13-14-36(52)49-41(33)55/h3-5,8-12,21-23,26,33,47H,6-7,13-20,24-25H2,1-2H3,(H,44,54)(H,45,53)(H,46,48)(H,49,52,55). The molecule has 4 aromatic rings. The van der Waals surface area contributed by atoms with Crippen molar-refractivity contribution < 1.29 is 38.2 Å². The lowest BCUT2D eigenvalue weighted by molar-refractivity contribution is -0.136. The first kappa shape index (κ1) is 40.6. The number of methoxy groups -OCH3 is 1. The molecule has 0 radical (unpaired) electrons. The van der Waals surface area contributed by atoms with Crippen LogP contribution in [0.4, 0.5) is 17.1 Å². The van der Waals surface area contributed by atoms with Gasteiger partial charge in [-0.3, -0.25) is 44.0 Å². The van der Waals surface area contributed by atoms with E-state index in [-0.39, 0.29) is 42.3 Å². The first-order valence-electron chi connectivity index (χ1n) is 19.9. The molecule has 6 amide bonds. The Balaban J connectivity index is 0.845. The minimum absolute atomic E-state index is 0.0340. The molecule has 2 saturated heterocycles. The first-order chi connectivity index (χ1) is 28.6. The number of ether oxygens (including phenoxy) is 2. The average Bonchev–Trinajstić information content (AvgIpc) is 3.51. The van der Waals surface area contributed by atoms with Crippen LogP contribution in [0.2, 0.25) is 0 Å². The zero-order valence-electron chi connectivity index (χ0n) is 33.1. The van der Waals surface area contributed by atoms with Crippen molar-refractivity contribution in [2.75, 3.05) is 64.1 Å². The van der Waals surface area contributed by atoms with Gasteiger partial charge in [0.05, 0.1) is 48.2 Å². The van der Waals surface area contributed by atoms with Crippen molar-refractivity contribution in [3.63, 3.8) is 0 Å². The molecule has 1 aromatic heterocycles. The smallest absolute Gasteiger partial charge is 0.264 e. The maximum absolute atomic E-state index is 13.3. The summed E-state index contributed by atoms with van der Waals surface area (Å²) in [6.45, 7) is 3.70. The van der Waals surface area contributed by atoms with Gasteiger partial charge in [0.25, 0.3) is 17.7 Å². The van der Waals surface area contributed by atoms with Gasteiger partial charge < -0.3 is 35.6 Å². The van der Waals surface area contributed by atoms with Crippen molar-refractivity contribution in [3.05, 3.63) is 83.6 Å². The fourth-order valence-electron chi connectivity index (χ4n) is 7.75. The molecule has 5 N–H and O–H groups in total. The summed E-state index contributed by atoms with van der Waals surface area (Å²) < 4.78 is 12.1. The van der Waals surface area contributed by atoms with E-state index in [1.54, 1.807) is 32.5 Å². The monoisotopic (exact) mass is 804 g/mol. The number of hydrogen-bond acceptors (Lipinski definition) is 12. The SMILES string of the molecule is CNC(=O)c1cnc2cc(OC)c(OCC3CCN(CCCCNC(=O)CNc4cccc5c4C(=O)N(C4CCC(=O)NC4=O)C5=O)CC3)cc2c1Nc1ccccc1. The Morgan fingerprint density at radius 2 is 1.73 bits per heavy atom. The largest absolute Gasteiger partial charge is 0.493 e. The number of anilines is 3. The summed E-state index contributed by atoms with van der Waals surface area (Å²) >= 11 is 0. The molecule has 16 nitrogen and oxygen atoms in total. The third kappa shape index (κ3) is 9.12. The number of hydrogen-bond donors (Lipinski definition) is 5. The van der Waals surface area contributed by atoms with Crippen molar-refractivity contribution in [1.82, 2.24) is 30.7 Å². The number of likely N-dealkylation sites (tertiary alicyclic amines) is 1. The lowest BCUT2D eigenvalue weighted by Gasteiger charge is -2.32. The molecule has 1 atom stereocenters. The summed E-state index contributed by atoms with van der Waals surface area (Å²) in [5.74, 6) is -1.35.